The third-order valence-corrected chi connectivity index (χ3v) is 1.72. The Balaban J connectivity index is 2.69. The number of aromatic nitrogens is 1. The lowest BCUT2D eigenvalue weighted by Crippen LogP contribution is -1.84. The molecule has 0 N–H and O–H groups in total. The molecule has 1 nitrogen and oxygen atoms in total. The molecule has 0 aliphatic heterocycles. The zero-order valence-corrected chi connectivity index (χ0v) is 6.49. The fourth-order valence-electron chi connectivity index (χ4n) is 0.658. The normalized spacial score (nSPS) is 9.80. The highest BCUT2D eigenvalue weighted by Gasteiger charge is 1.91. The minimum atomic E-state index is -0.412. The highest BCUT2D eigenvalue weighted by molar-refractivity contribution is 7.97. The van der Waals surface area contributed by atoms with Crippen LogP contribution in [0.3, 0.4) is 0 Å². The van der Waals surface area contributed by atoms with Crippen LogP contribution in [0.1, 0.15) is 5.56 Å². The van der Waals surface area contributed by atoms with Gasteiger partial charge in [-0.25, -0.2) is 4.98 Å². The fraction of sp³-hybridized carbons (Fsp3) is 0.286. The first-order valence-corrected chi connectivity index (χ1v) is 4.31. The monoisotopic (exact) mass is 157 g/mol. The van der Waals surface area contributed by atoms with Crippen molar-refractivity contribution in [1.82, 2.24) is 4.98 Å². The molecule has 1 aromatic rings. The Morgan fingerprint density at radius 2 is 2.40 bits per heavy atom. The molecule has 1 rings (SSSR count). The molecule has 10 heavy (non-hydrogen) atoms. The van der Waals surface area contributed by atoms with Gasteiger partial charge in [-0.1, -0.05) is 6.07 Å². The summed E-state index contributed by atoms with van der Waals surface area (Å²) in [7, 11) is 0. The molecule has 3 heteroatoms. The second kappa shape index (κ2) is 3.56. The van der Waals surface area contributed by atoms with Crippen molar-refractivity contribution in [3.05, 3.63) is 29.8 Å². The van der Waals surface area contributed by atoms with E-state index in [1.54, 1.807) is 24.0 Å². The molecule has 0 fully saturated rings. The van der Waals surface area contributed by atoms with Gasteiger partial charge in [0.05, 0.1) is 0 Å². The number of halogens is 1. The minimum Gasteiger partial charge on any atom is -0.228 e. The molecule has 0 unspecified atom stereocenters. The van der Waals surface area contributed by atoms with Crippen molar-refractivity contribution < 1.29 is 4.39 Å². The largest absolute Gasteiger partial charge is 0.228 e. The second-order valence-electron chi connectivity index (χ2n) is 1.92. The van der Waals surface area contributed by atoms with E-state index in [-0.39, 0.29) is 0 Å². The van der Waals surface area contributed by atoms with Crippen molar-refractivity contribution in [2.75, 3.05) is 6.26 Å². The van der Waals surface area contributed by atoms with Crippen LogP contribution in [-0.2, 0) is 5.75 Å². The highest BCUT2D eigenvalue weighted by Crippen LogP contribution is 2.06. The predicted molar refractivity (Wildman–Crippen MR) is 41.4 cm³/mol. The lowest BCUT2D eigenvalue weighted by molar-refractivity contribution is 0.583. The van der Waals surface area contributed by atoms with E-state index in [1.807, 2.05) is 6.26 Å². The van der Waals surface area contributed by atoms with E-state index in [1.165, 1.54) is 6.07 Å². The van der Waals surface area contributed by atoms with Crippen LogP contribution in [0.4, 0.5) is 4.39 Å². The molecular weight excluding hydrogens is 149 g/mol. The van der Waals surface area contributed by atoms with Crippen molar-refractivity contribution in [3.8, 4) is 0 Å². The molecule has 1 aromatic heterocycles. The van der Waals surface area contributed by atoms with Crippen molar-refractivity contribution in [2.45, 2.75) is 5.75 Å². The molecule has 0 atom stereocenters. The molecule has 0 bridgehead atoms. The van der Waals surface area contributed by atoms with Crippen LogP contribution in [0, 0.1) is 5.95 Å². The third kappa shape index (κ3) is 1.99. The van der Waals surface area contributed by atoms with E-state index >= 15 is 0 Å². The van der Waals surface area contributed by atoms with Gasteiger partial charge in [-0.2, -0.15) is 16.2 Å². The van der Waals surface area contributed by atoms with E-state index in [0.29, 0.717) is 0 Å². The highest BCUT2D eigenvalue weighted by atomic mass is 32.2. The number of pyridine rings is 1. The summed E-state index contributed by atoms with van der Waals surface area (Å²) in [5.74, 6) is 0.484. The maximum Gasteiger partial charge on any atom is 0.212 e. The first-order valence-electron chi connectivity index (χ1n) is 2.92. The summed E-state index contributed by atoms with van der Waals surface area (Å²) < 4.78 is 12.2. The average molecular weight is 157 g/mol. The van der Waals surface area contributed by atoms with Gasteiger partial charge in [0.15, 0.2) is 0 Å². The summed E-state index contributed by atoms with van der Waals surface area (Å²) in [5, 5.41) is 0. The van der Waals surface area contributed by atoms with Gasteiger partial charge in [-0.05, 0) is 17.9 Å². The van der Waals surface area contributed by atoms with Crippen molar-refractivity contribution in [2.24, 2.45) is 0 Å². The summed E-state index contributed by atoms with van der Waals surface area (Å²) in [6.45, 7) is 0. The average Bonchev–Trinajstić information content (AvgIpc) is 1.95. The Bertz CT molecular complexity index is 197. The molecule has 0 spiro atoms. The SMILES string of the molecule is CSCc1ccc(F)nc1. The molecule has 0 aliphatic rings. The zero-order valence-electron chi connectivity index (χ0n) is 5.67. The van der Waals surface area contributed by atoms with E-state index in [2.05, 4.69) is 4.98 Å². The molecule has 0 aromatic carbocycles. The van der Waals surface area contributed by atoms with Crippen LogP contribution in [0.2, 0.25) is 0 Å². The van der Waals surface area contributed by atoms with Gasteiger partial charge in [0.1, 0.15) is 0 Å². The van der Waals surface area contributed by atoms with Crippen LogP contribution < -0.4 is 0 Å². The van der Waals surface area contributed by atoms with E-state index in [9.17, 15) is 4.39 Å². The van der Waals surface area contributed by atoms with Crippen LogP contribution in [0.25, 0.3) is 0 Å². The van der Waals surface area contributed by atoms with Crippen LogP contribution in [-0.4, -0.2) is 11.2 Å². The lowest BCUT2D eigenvalue weighted by atomic mass is 10.3. The number of rotatable bonds is 2. The first-order chi connectivity index (χ1) is 4.83. The van der Waals surface area contributed by atoms with Crippen LogP contribution >= 0.6 is 11.8 Å². The molecule has 1 heterocycles. The van der Waals surface area contributed by atoms with Crippen LogP contribution in [0.5, 0.6) is 0 Å². The summed E-state index contributed by atoms with van der Waals surface area (Å²) in [6, 6.07) is 3.13. The van der Waals surface area contributed by atoms with Gasteiger partial charge in [0, 0.05) is 11.9 Å². The number of hydrogen-bond acceptors (Lipinski definition) is 2. The Morgan fingerprint density at radius 3 is 2.90 bits per heavy atom. The molecule has 54 valence electrons. The Hall–Kier alpha value is -0.570. The fourth-order valence-corrected chi connectivity index (χ4v) is 1.16. The smallest absolute Gasteiger partial charge is 0.212 e. The molecule has 0 radical (unpaired) electrons. The van der Waals surface area contributed by atoms with Crippen molar-refractivity contribution in [1.29, 1.82) is 0 Å². The maximum atomic E-state index is 12.2. The Morgan fingerprint density at radius 1 is 1.60 bits per heavy atom. The predicted octanol–water partition coefficient (Wildman–Crippen LogP) is 2.08. The van der Waals surface area contributed by atoms with Gasteiger partial charge in [-0.3, -0.25) is 0 Å². The summed E-state index contributed by atoms with van der Waals surface area (Å²) in [6.07, 6.45) is 3.56. The van der Waals surface area contributed by atoms with Crippen molar-refractivity contribution in [3.63, 3.8) is 0 Å². The molecule has 0 aliphatic carbocycles. The maximum absolute atomic E-state index is 12.2. The van der Waals surface area contributed by atoms with Crippen LogP contribution in [0.15, 0.2) is 18.3 Å². The summed E-state index contributed by atoms with van der Waals surface area (Å²) in [4.78, 5) is 3.52. The zero-order chi connectivity index (χ0) is 7.40. The molecule has 0 saturated carbocycles. The minimum absolute atomic E-state index is 0.412. The van der Waals surface area contributed by atoms with Gasteiger partial charge in [0.25, 0.3) is 0 Å². The summed E-state index contributed by atoms with van der Waals surface area (Å²) in [5.41, 5.74) is 1.06. The van der Waals surface area contributed by atoms with Gasteiger partial charge < -0.3 is 0 Å². The van der Waals surface area contributed by atoms with Gasteiger partial charge in [0.2, 0.25) is 5.95 Å². The molecule has 0 amide bonds. The number of nitrogens with zero attached hydrogens (tertiary/aromatic N) is 1. The number of hydrogen-bond donors (Lipinski definition) is 0. The topological polar surface area (TPSA) is 12.9 Å². The summed E-state index contributed by atoms with van der Waals surface area (Å²) >= 11 is 1.70. The Labute approximate surface area is 63.7 Å². The first kappa shape index (κ1) is 7.54. The van der Waals surface area contributed by atoms with Crippen molar-refractivity contribution >= 4 is 11.8 Å². The standard InChI is InChI=1S/C7H8FNS/c1-10-5-6-2-3-7(8)9-4-6/h2-4H,5H2,1H3. The van der Waals surface area contributed by atoms with Gasteiger partial charge in [-0.15, -0.1) is 0 Å². The van der Waals surface area contributed by atoms with E-state index < -0.39 is 5.95 Å². The molecular formula is C7H8FNS. The third-order valence-electron chi connectivity index (χ3n) is 1.10. The van der Waals surface area contributed by atoms with E-state index in [0.717, 1.165) is 11.3 Å². The van der Waals surface area contributed by atoms with E-state index in [4.69, 9.17) is 0 Å². The molecule has 0 saturated heterocycles. The van der Waals surface area contributed by atoms with Gasteiger partial charge >= 0.3 is 0 Å². The Kier molecular flexibility index (Phi) is 2.68. The number of thioether (sulfide) groups is 1. The quantitative estimate of drug-likeness (QED) is 0.610. The lowest BCUT2D eigenvalue weighted by Gasteiger charge is -1.94. The second-order valence-corrected chi connectivity index (χ2v) is 2.79.